The summed E-state index contributed by atoms with van der Waals surface area (Å²) in [5.74, 6) is -0.106. The summed E-state index contributed by atoms with van der Waals surface area (Å²) in [5, 5.41) is 6.87. The fourth-order valence-corrected chi connectivity index (χ4v) is 5.55. The van der Waals surface area contributed by atoms with Gasteiger partial charge < -0.3 is 20.4 Å². The lowest BCUT2D eigenvalue weighted by Gasteiger charge is -2.32. The molecule has 1 aliphatic heterocycles. The van der Waals surface area contributed by atoms with Gasteiger partial charge in [0, 0.05) is 43.8 Å². The minimum atomic E-state index is -3.50. The van der Waals surface area contributed by atoms with Crippen molar-refractivity contribution in [2.24, 2.45) is 0 Å². The van der Waals surface area contributed by atoms with E-state index in [1.165, 1.54) is 24.5 Å². The van der Waals surface area contributed by atoms with Gasteiger partial charge in [0.15, 0.2) is 9.84 Å². The van der Waals surface area contributed by atoms with Gasteiger partial charge in [0.2, 0.25) is 0 Å². The van der Waals surface area contributed by atoms with Crippen LogP contribution >= 0.6 is 11.6 Å². The minimum Gasteiger partial charge on any atom is -0.340 e. The Kier molecular flexibility index (Phi) is 9.08. The van der Waals surface area contributed by atoms with Gasteiger partial charge >= 0.3 is 0 Å². The molecule has 4 rings (SSSR count). The second-order valence-electron chi connectivity index (χ2n) is 9.08. The summed E-state index contributed by atoms with van der Waals surface area (Å²) in [6.07, 6.45) is 3.50. The first-order valence-electron chi connectivity index (χ1n) is 12.1. The molecule has 194 valence electrons. The van der Waals surface area contributed by atoms with Crippen LogP contribution < -0.4 is 10.6 Å². The maximum atomic E-state index is 13.5. The molecule has 0 radical (unpaired) electrons. The van der Waals surface area contributed by atoms with Gasteiger partial charge in [0.25, 0.3) is 0 Å². The normalized spacial score (nSPS) is 15.4. The number of aromatic nitrogens is 2. The Balaban J connectivity index is 1.31. The quantitative estimate of drug-likeness (QED) is 0.361. The van der Waals surface area contributed by atoms with Crippen LogP contribution in [0.4, 0.5) is 15.9 Å². The van der Waals surface area contributed by atoms with Crippen molar-refractivity contribution in [3.8, 4) is 0 Å². The van der Waals surface area contributed by atoms with Gasteiger partial charge in [-0.25, -0.2) is 22.8 Å². The van der Waals surface area contributed by atoms with E-state index in [-0.39, 0.29) is 15.7 Å². The summed E-state index contributed by atoms with van der Waals surface area (Å²) < 4.78 is 39.4. The Morgan fingerprint density at radius 3 is 2.61 bits per heavy atom. The Hall–Kier alpha value is -2.37. The lowest BCUT2D eigenvalue weighted by molar-refractivity contribution is 0.152. The molecule has 1 saturated heterocycles. The van der Waals surface area contributed by atoms with Crippen LogP contribution in [0, 0.1) is 5.82 Å². The van der Waals surface area contributed by atoms with Crippen LogP contribution in [0.25, 0.3) is 10.9 Å². The van der Waals surface area contributed by atoms with E-state index in [0.29, 0.717) is 29.0 Å². The molecule has 0 spiro atoms. The summed E-state index contributed by atoms with van der Waals surface area (Å²) in [4.78, 5) is 13.5. The van der Waals surface area contributed by atoms with Crippen molar-refractivity contribution in [2.75, 3.05) is 63.9 Å². The van der Waals surface area contributed by atoms with Gasteiger partial charge in [-0.15, -0.1) is 0 Å². The number of sulfone groups is 1. The molecule has 3 aromatic rings. The molecule has 1 aromatic heterocycles. The topological polar surface area (TPSA) is 90.5 Å². The van der Waals surface area contributed by atoms with E-state index in [1.54, 1.807) is 18.2 Å². The van der Waals surface area contributed by atoms with Gasteiger partial charge in [-0.3, -0.25) is 0 Å². The Labute approximate surface area is 216 Å². The lowest BCUT2D eigenvalue weighted by Crippen LogP contribution is -2.44. The summed E-state index contributed by atoms with van der Waals surface area (Å²) in [6, 6.07) is 9.05. The molecule has 2 heterocycles. The van der Waals surface area contributed by atoms with Crippen molar-refractivity contribution in [1.29, 1.82) is 0 Å². The highest BCUT2D eigenvalue weighted by atomic mass is 35.5. The highest BCUT2D eigenvalue weighted by Crippen LogP contribution is 2.27. The fourth-order valence-electron chi connectivity index (χ4n) is 4.15. The number of rotatable bonds is 11. The highest BCUT2D eigenvalue weighted by Gasteiger charge is 2.17. The van der Waals surface area contributed by atoms with Gasteiger partial charge in [0.05, 0.1) is 21.2 Å². The number of unbranched alkanes of at least 4 members (excludes halogenated alkanes) is 1. The van der Waals surface area contributed by atoms with Crippen LogP contribution in [0.1, 0.15) is 12.8 Å². The number of hydrogen-bond acceptors (Lipinski definition) is 8. The number of benzene rings is 2. The molecule has 0 aliphatic carbocycles. The number of nitrogens with zero attached hydrogens (tertiary/aromatic N) is 4. The van der Waals surface area contributed by atoms with Crippen LogP contribution in [0.15, 0.2) is 47.6 Å². The molecule has 1 aliphatic rings. The van der Waals surface area contributed by atoms with E-state index in [2.05, 4.69) is 37.4 Å². The number of halogens is 2. The molecule has 0 bridgehead atoms. The third-order valence-electron chi connectivity index (χ3n) is 6.37. The molecule has 36 heavy (non-hydrogen) atoms. The van der Waals surface area contributed by atoms with E-state index in [9.17, 15) is 12.8 Å². The van der Waals surface area contributed by atoms with Gasteiger partial charge in [-0.05, 0) is 69.4 Å². The first-order chi connectivity index (χ1) is 17.3. The molecule has 2 N–H and O–H groups in total. The molecule has 0 unspecified atom stereocenters. The third-order valence-corrected chi connectivity index (χ3v) is 8.37. The molecule has 11 heteroatoms. The average Bonchev–Trinajstić information content (AvgIpc) is 2.86. The summed E-state index contributed by atoms with van der Waals surface area (Å²) in [6.45, 7) is 6.75. The monoisotopic (exact) mass is 534 g/mol. The van der Waals surface area contributed by atoms with Crippen molar-refractivity contribution in [3.63, 3.8) is 0 Å². The second-order valence-corrected chi connectivity index (χ2v) is 11.6. The van der Waals surface area contributed by atoms with E-state index >= 15 is 0 Å². The smallest absolute Gasteiger partial charge is 0.179 e. The van der Waals surface area contributed by atoms with Crippen molar-refractivity contribution >= 4 is 43.8 Å². The van der Waals surface area contributed by atoms with Crippen molar-refractivity contribution < 1.29 is 12.8 Å². The largest absolute Gasteiger partial charge is 0.340 e. The zero-order valence-electron chi connectivity index (χ0n) is 20.4. The maximum Gasteiger partial charge on any atom is 0.179 e. The molecule has 0 amide bonds. The minimum absolute atomic E-state index is 0.000981. The predicted molar refractivity (Wildman–Crippen MR) is 142 cm³/mol. The Morgan fingerprint density at radius 1 is 1.03 bits per heavy atom. The number of nitrogens with one attached hydrogen (secondary N) is 2. The number of likely N-dealkylation sites (N-methyl/N-ethyl adjacent to an activating group) is 1. The second kappa shape index (κ2) is 12.2. The SMILES string of the molecule is CN1CCN(CCCCNCCS(=O)(=O)c2ccc3ncnc(Nc4ccc(F)c(Cl)c4)c3c2)CC1. The van der Waals surface area contributed by atoms with E-state index in [1.807, 2.05) is 0 Å². The van der Waals surface area contributed by atoms with Gasteiger partial charge in [0.1, 0.15) is 18.0 Å². The van der Waals surface area contributed by atoms with Crippen LogP contribution in [0.2, 0.25) is 5.02 Å². The molecule has 8 nitrogen and oxygen atoms in total. The van der Waals surface area contributed by atoms with E-state index in [4.69, 9.17) is 11.6 Å². The predicted octanol–water partition coefficient (Wildman–Crippen LogP) is 3.56. The highest BCUT2D eigenvalue weighted by molar-refractivity contribution is 7.91. The lowest BCUT2D eigenvalue weighted by atomic mass is 10.2. The van der Waals surface area contributed by atoms with Crippen LogP contribution in [0.5, 0.6) is 0 Å². The molecule has 2 aromatic carbocycles. The van der Waals surface area contributed by atoms with Crippen molar-refractivity contribution in [3.05, 3.63) is 53.6 Å². The average molecular weight is 535 g/mol. The first-order valence-corrected chi connectivity index (χ1v) is 14.2. The van der Waals surface area contributed by atoms with Crippen molar-refractivity contribution in [1.82, 2.24) is 25.1 Å². The van der Waals surface area contributed by atoms with E-state index in [0.717, 1.165) is 52.1 Å². The zero-order valence-corrected chi connectivity index (χ0v) is 22.0. The number of anilines is 2. The molecule has 1 fully saturated rings. The van der Waals surface area contributed by atoms with Crippen molar-refractivity contribution in [2.45, 2.75) is 17.7 Å². The maximum absolute atomic E-state index is 13.5. The van der Waals surface area contributed by atoms with Crippen LogP contribution in [-0.4, -0.2) is 86.8 Å². The molecule has 0 atom stereocenters. The number of fused-ring (bicyclic) bond motifs is 1. The molecular weight excluding hydrogens is 503 g/mol. The zero-order chi connectivity index (χ0) is 25.5. The Bertz CT molecular complexity index is 1280. The summed E-state index contributed by atoms with van der Waals surface area (Å²) >= 11 is 5.88. The standard InChI is InChI=1S/C25H32ClFN6O2S/c1-32-11-13-33(14-12-32)10-3-2-8-28-9-15-36(34,35)20-5-7-24-21(17-20)25(30-18-29-24)31-19-4-6-23(27)22(26)16-19/h4-7,16-18,28H,2-3,8-15H2,1H3,(H,29,30,31). The summed E-state index contributed by atoms with van der Waals surface area (Å²) in [5.41, 5.74) is 1.13. The fraction of sp³-hybridized carbons (Fsp3) is 0.440. The number of piperazine rings is 1. The van der Waals surface area contributed by atoms with Gasteiger partial charge in [-0.1, -0.05) is 11.6 Å². The van der Waals surface area contributed by atoms with Gasteiger partial charge in [-0.2, -0.15) is 0 Å². The summed E-state index contributed by atoms with van der Waals surface area (Å²) in [7, 11) is -1.34. The number of hydrogen-bond donors (Lipinski definition) is 2. The van der Waals surface area contributed by atoms with Crippen LogP contribution in [-0.2, 0) is 9.84 Å². The third kappa shape index (κ3) is 7.10. The van der Waals surface area contributed by atoms with Crippen LogP contribution in [0.3, 0.4) is 0 Å². The molecular formula is C25H32ClFN6O2S. The molecule has 0 saturated carbocycles. The Morgan fingerprint density at radius 2 is 1.83 bits per heavy atom. The first kappa shape index (κ1) is 26.7. The van der Waals surface area contributed by atoms with E-state index < -0.39 is 15.7 Å².